The number of carbonyl (C=O) groups is 1. The van der Waals surface area contributed by atoms with Gasteiger partial charge in [-0.3, -0.25) is 4.79 Å². The summed E-state index contributed by atoms with van der Waals surface area (Å²) in [6, 6.07) is 6.04. The quantitative estimate of drug-likeness (QED) is 0.696. The summed E-state index contributed by atoms with van der Waals surface area (Å²) in [5, 5.41) is 2.82. The average Bonchev–Trinajstić information content (AvgIpc) is 2.44. The number of hydrogen-bond donors (Lipinski definition) is 2. The molecular formula is C10H12N2O. The maximum Gasteiger partial charge on any atom is 0.228 e. The summed E-state index contributed by atoms with van der Waals surface area (Å²) >= 11 is 0. The third-order valence-corrected chi connectivity index (χ3v) is 2.23. The number of carbonyl (C=O) groups excluding carboxylic acids is 1. The highest BCUT2D eigenvalue weighted by Crippen LogP contribution is 2.23. The lowest BCUT2D eigenvalue weighted by molar-refractivity contribution is -0.115. The highest BCUT2D eigenvalue weighted by Gasteiger charge is 2.16. The summed E-state index contributed by atoms with van der Waals surface area (Å²) in [7, 11) is 0. The summed E-state index contributed by atoms with van der Waals surface area (Å²) in [5.74, 6) is 0.0832. The molecule has 0 saturated carbocycles. The first-order valence-electron chi connectivity index (χ1n) is 4.41. The molecule has 0 bridgehead atoms. The van der Waals surface area contributed by atoms with Crippen LogP contribution in [0, 0.1) is 0 Å². The zero-order valence-electron chi connectivity index (χ0n) is 7.34. The van der Waals surface area contributed by atoms with E-state index in [1.165, 1.54) is 5.56 Å². The molecule has 0 aromatic heterocycles. The summed E-state index contributed by atoms with van der Waals surface area (Å²) in [4.78, 5) is 11.0. The van der Waals surface area contributed by atoms with Gasteiger partial charge in [-0.25, -0.2) is 0 Å². The molecule has 0 fully saturated rings. The van der Waals surface area contributed by atoms with Gasteiger partial charge in [0, 0.05) is 5.69 Å². The van der Waals surface area contributed by atoms with E-state index in [0.29, 0.717) is 13.0 Å². The molecule has 1 aromatic rings. The smallest absolute Gasteiger partial charge is 0.228 e. The molecule has 3 nitrogen and oxygen atoms in total. The molecule has 1 amide bonds. The van der Waals surface area contributed by atoms with E-state index in [0.717, 1.165) is 17.7 Å². The van der Waals surface area contributed by atoms with E-state index in [2.05, 4.69) is 5.32 Å². The first kappa shape index (κ1) is 8.26. The number of amides is 1. The minimum atomic E-state index is 0.0832. The van der Waals surface area contributed by atoms with Gasteiger partial charge in [0.25, 0.3) is 0 Å². The van der Waals surface area contributed by atoms with Crippen LogP contribution in [0.15, 0.2) is 18.2 Å². The van der Waals surface area contributed by atoms with Gasteiger partial charge in [-0.2, -0.15) is 0 Å². The number of rotatable bonds is 2. The van der Waals surface area contributed by atoms with E-state index in [4.69, 9.17) is 5.73 Å². The van der Waals surface area contributed by atoms with Crippen molar-refractivity contribution in [3.8, 4) is 0 Å². The van der Waals surface area contributed by atoms with E-state index in [1.54, 1.807) is 0 Å². The van der Waals surface area contributed by atoms with Crippen molar-refractivity contribution in [2.45, 2.75) is 12.8 Å². The predicted molar refractivity (Wildman–Crippen MR) is 51.5 cm³/mol. The van der Waals surface area contributed by atoms with Crippen LogP contribution in [0.4, 0.5) is 5.69 Å². The van der Waals surface area contributed by atoms with Crippen LogP contribution >= 0.6 is 0 Å². The number of nitrogens with two attached hydrogens (primary N) is 1. The first-order valence-corrected chi connectivity index (χ1v) is 4.41. The fraction of sp³-hybridized carbons (Fsp3) is 0.300. The van der Waals surface area contributed by atoms with Crippen LogP contribution < -0.4 is 11.1 Å². The van der Waals surface area contributed by atoms with Crippen molar-refractivity contribution in [2.75, 3.05) is 11.9 Å². The second kappa shape index (κ2) is 3.18. The van der Waals surface area contributed by atoms with Gasteiger partial charge in [0.05, 0.1) is 6.42 Å². The lowest BCUT2D eigenvalue weighted by atomic mass is 10.1. The molecule has 1 heterocycles. The van der Waals surface area contributed by atoms with Crippen LogP contribution in [0.1, 0.15) is 11.1 Å². The van der Waals surface area contributed by atoms with Crippen molar-refractivity contribution in [2.24, 2.45) is 5.73 Å². The van der Waals surface area contributed by atoms with Gasteiger partial charge >= 0.3 is 0 Å². The third kappa shape index (κ3) is 1.55. The number of benzene rings is 1. The third-order valence-electron chi connectivity index (χ3n) is 2.23. The van der Waals surface area contributed by atoms with E-state index in [1.807, 2.05) is 18.2 Å². The van der Waals surface area contributed by atoms with Crippen LogP contribution in [0.2, 0.25) is 0 Å². The van der Waals surface area contributed by atoms with Gasteiger partial charge in [-0.1, -0.05) is 12.1 Å². The molecule has 0 aliphatic carbocycles. The van der Waals surface area contributed by atoms with Crippen LogP contribution in [-0.4, -0.2) is 12.5 Å². The standard InChI is InChI=1S/C10H12N2O/c11-4-3-7-1-2-8-6-10(13)12-9(8)5-7/h1-2,5H,3-4,6,11H2,(H,12,13). The number of nitrogens with one attached hydrogen (secondary N) is 1. The van der Waals surface area contributed by atoms with Crippen molar-refractivity contribution >= 4 is 11.6 Å². The molecule has 0 saturated heterocycles. The van der Waals surface area contributed by atoms with Crippen LogP contribution in [0.5, 0.6) is 0 Å². The molecular weight excluding hydrogens is 164 g/mol. The van der Waals surface area contributed by atoms with Gasteiger partial charge in [-0.15, -0.1) is 0 Å². The second-order valence-corrected chi connectivity index (χ2v) is 3.26. The summed E-state index contributed by atoms with van der Waals surface area (Å²) in [6.45, 7) is 0.646. The minimum Gasteiger partial charge on any atom is -0.330 e. The molecule has 0 atom stereocenters. The molecule has 1 aliphatic heterocycles. The molecule has 2 rings (SSSR count). The average molecular weight is 176 g/mol. The van der Waals surface area contributed by atoms with Gasteiger partial charge in [0.1, 0.15) is 0 Å². The Kier molecular flexibility index (Phi) is 2.02. The van der Waals surface area contributed by atoms with Crippen LogP contribution in [0.3, 0.4) is 0 Å². The Bertz CT molecular complexity index is 347. The molecule has 3 N–H and O–H groups in total. The normalized spacial score (nSPS) is 14.1. The topological polar surface area (TPSA) is 55.1 Å². The molecule has 68 valence electrons. The van der Waals surface area contributed by atoms with Gasteiger partial charge in [-0.05, 0) is 30.2 Å². The van der Waals surface area contributed by atoms with Crippen LogP contribution in [0.25, 0.3) is 0 Å². The monoisotopic (exact) mass is 176 g/mol. The Morgan fingerprint density at radius 1 is 1.46 bits per heavy atom. The van der Waals surface area contributed by atoms with Crippen LogP contribution in [-0.2, 0) is 17.6 Å². The fourth-order valence-corrected chi connectivity index (χ4v) is 1.58. The second-order valence-electron chi connectivity index (χ2n) is 3.26. The Labute approximate surface area is 76.9 Å². The maximum absolute atomic E-state index is 11.0. The largest absolute Gasteiger partial charge is 0.330 e. The molecule has 0 unspecified atom stereocenters. The Morgan fingerprint density at radius 2 is 2.31 bits per heavy atom. The number of anilines is 1. The van der Waals surface area contributed by atoms with Crippen molar-refractivity contribution in [1.29, 1.82) is 0 Å². The molecule has 0 radical (unpaired) electrons. The zero-order valence-corrected chi connectivity index (χ0v) is 7.34. The summed E-state index contributed by atoms with van der Waals surface area (Å²) < 4.78 is 0. The Hall–Kier alpha value is -1.35. The van der Waals surface area contributed by atoms with Gasteiger partial charge < -0.3 is 11.1 Å². The van der Waals surface area contributed by atoms with Crippen molar-refractivity contribution in [3.05, 3.63) is 29.3 Å². The number of hydrogen-bond acceptors (Lipinski definition) is 2. The fourth-order valence-electron chi connectivity index (χ4n) is 1.58. The molecule has 0 spiro atoms. The van der Waals surface area contributed by atoms with E-state index < -0.39 is 0 Å². The Balaban J connectivity index is 2.29. The summed E-state index contributed by atoms with van der Waals surface area (Å²) in [5.41, 5.74) is 8.67. The van der Waals surface area contributed by atoms with Crippen molar-refractivity contribution in [3.63, 3.8) is 0 Å². The predicted octanol–water partition coefficient (Wildman–Crippen LogP) is 0.682. The van der Waals surface area contributed by atoms with E-state index in [-0.39, 0.29) is 5.91 Å². The van der Waals surface area contributed by atoms with E-state index >= 15 is 0 Å². The van der Waals surface area contributed by atoms with Gasteiger partial charge in [0.2, 0.25) is 5.91 Å². The van der Waals surface area contributed by atoms with Crippen molar-refractivity contribution < 1.29 is 4.79 Å². The molecule has 13 heavy (non-hydrogen) atoms. The highest BCUT2D eigenvalue weighted by molar-refractivity contribution is 5.99. The summed E-state index contributed by atoms with van der Waals surface area (Å²) in [6.07, 6.45) is 1.38. The maximum atomic E-state index is 11.0. The highest BCUT2D eigenvalue weighted by atomic mass is 16.1. The lowest BCUT2D eigenvalue weighted by Gasteiger charge is -2.02. The first-order chi connectivity index (χ1) is 6.29. The molecule has 1 aliphatic rings. The zero-order chi connectivity index (χ0) is 9.26. The van der Waals surface area contributed by atoms with Gasteiger partial charge in [0.15, 0.2) is 0 Å². The SMILES string of the molecule is NCCc1ccc2c(c1)NC(=O)C2. The Morgan fingerprint density at radius 3 is 3.08 bits per heavy atom. The molecule has 3 heteroatoms. The van der Waals surface area contributed by atoms with Crippen molar-refractivity contribution in [1.82, 2.24) is 0 Å². The molecule has 1 aromatic carbocycles. The minimum absolute atomic E-state index is 0.0832. The van der Waals surface area contributed by atoms with E-state index in [9.17, 15) is 4.79 Å². The lowest BCUT2D eigenvalue weighted by Crippen LogP contribution is -2.04. The number of fused-ring (bicyclic) bond motifs is 1.